The van der Waals surface area contributed by atoms with Gasteiger partial charge in [0, 0.05) is 13.2 Å². The van der Waals surface area contributed by atoms with Crippen LogP contribution in [0.4, 0.5) is 16.3 Å². The Balaban J connectivity index is 1.30. The van der Waals surface area contributed by atoms with Crippen molar-refractivity contribution in [3.8, 4) is 11.5 Å². The van der Waals surface area contributed by atoms with Gasteiger partial charge in [0.05, 0.1) is 24.6 Å². The molecule has 4 rings (SSSR count). The van der Waals surface area contributed by atoms with Gasteiger partial charge in [-0.05, 0) is 60.5 Å². The maximum absolute atomic E-state index is 12.9. The largest absolute Gasteiger partial charge is 0.497 e. The minimum absolute atomic E-state index is 0.201. The molecule has 0 bridgehead atoms. The first-order valence-corrected chi connectivity index (χ1v) is 11.5. The van der Waals surface area contributed by atoms with Crippen LogP contribution in [0, 0.1) is 0 Å². The Labute approximate surface area is 197 Å². The van der Waals surface area contributed by atoms with Crippen LogP contribution in [0.1, 0.15) is 5.56 Å². The van der Waals surface area contributed by atoms with Gasteiger partial charge in [0.1, 0.15) is 23.9 Å². The summed E-state index contributed by atoms with van der Waals surface area (Å²) in [5.74, 6) is 2.13. The van der Waals surface area contributed by atoms with Crippen LogP contribution in [-0.2, 0) is 11.2 Å². The van der Waals surface area contributed by atoms with Crippen molar-refractivity contribution in [2.24, 2.45) is 0 Å². The number of ether oxygens (including phenoxy) is 2. The number of rotatable bonds is 9. The molecule has 1 aliphatic rings. The highest BCUT2D eigenvalue weighted by Gasteiger charge is 2.40. The molecular formula is C25H25N3O4S. The smallest absolute Gasteiger partial charge is 0.293 e. The van der Waals surface area contributed by atoms with Crippen molar-refractivity contribution in [2.75, 3.05) is 37.1 Å². The van der Waals surface area contributed by atoms with Crippen LogP contribution < -0.4 is 19.3 Å². The SMILES string of the molecule is COc1ccc(N2C(=O)SC(Cc3ccc(OCCN(C)c4ccccn4)cc3)C2=O)cc1. The molecule has 7 nitrogen and oxygen atoms in total. The van der Waals surface area contributed by atoms with E-state index in [0.29, 0.717) is 31.0 Å². The average molecular weight is 464 g/mol. The van der Waals surface area contributed by atoms with Crippen LogP contribution in [-0.4, -0.2) is 48.7 Å². The lowest BCUT2D eigenvalue weighted by molar-refractivity contribution is -0.117. The number of benzene rings is 2. The number of methoxy groups -OCH3 is 1. The highest BCUT2D eigenvalue weighted by Crippen LogP contribution is 2.34. The summed E-state index contributed by atoms with van der Waals surface area (Å²) in [5.41, 5.74) is 1.53. The molecule has 2 heterocycles. The normalized spacial score (nSPS) is 15.6. The van der Waals surface area contributed by atoms with E-state index < -0.39 is 5.25 Å². The third-order valence-corrected chi connectivity index (χ3v) is 6.37. The monoisotopic (exact) mass is 463 g/mol. The van der Waals surface area contributed by atoms with Crippen molar-refractivity contribution in [1.82, 2.24) is 4.98 Å². The lowest BCUT2D eigenvalue weighted by atomic mass is 10.1. The minimum atomic E-state index is -0.446. The highest BCUT2D eigenvalue weighted by atomic mass is 32.2. The fraction of sp³-hybridized carbons (Fsp3) is 0.240. The molecule has 0 spiro atoms. The topological polar surface area (TPSA) is 72.0 Å². The van der Waals surface area contributed by atoms with Gasteiger partial charge in [-0.25, -0.2) is 9.88 Å². The van der Waals surface area contributed by atoms with E-state index in [-0.39, 0.29) is 11.1 Å². The van der Waals surface area contributed by atoms with Gasteiger partial charge in [-0.3, -0.25) is 9.59 Å². The van der Waals surface area contributed by atoms with Gasteiger partial charge in [0.2, 0.25) is 5.91 Å². The minimum Gasteiger partial charge on any atom is -0.497 e. The Morgan fingerprint density at radius 1 is 1.00 bits per heavy atom. The van der Waals surface area contributed by atoms with Crippen LogP contribution in [0.2, 0.25) is 0 Å². The molecule has 1 aliphatic heterocycles. The molecule has 0 radical (unpaired) electrons. The Morgan fingerprint density at radius 3 is 2.39 bits per heavy atom. The van der Waals surface area contributed by atoms with Crippen LogP contribution >= 0.6 is 11.8 Å². The molecule has 1 aromatic heterocycles. The number of carbonyl (C=O) groups excluding carboxylic acids is 2. The number of carbonyl (C=O) groups is 2. The zero-order valence-corrected chi connectivity index (χ0v) is 19.3. The summed E-state index contributed by atoms with van der Waals surface area (Å²) in [4.78, 5) is 32.9. The predicted octanol–water partition coefficient (Wildman–Crippen LogP) is 4.42. The summed E-state index contributed by atoms with van der Waals surface area (Å²) in [6, 6.07) is 20.4. The van der Waals surface area contributed by atoms with E-state index in [4.69, 9.17) is 9.47 Å². The van der Waals surface area contributed by atoms with Crippen LogP contribution in [0.15, 0.2) is 72.9 Å². The molecule has 33 heavy (non-hydrogen) atoms. The molecule has 2 aromatic carbocycles. The fourth-order valence-corrected chi connectivity index (χ4v) is 4.51. The van der Waals surface area contributed by atoms with Crippen LogP contribution in [0.3, 0.4) is 0 Å². The number of nitrogens with zero attached hydrogens (tertiary/aromatic N) is 3. The molecule has 1 atom stereocenters. The van der Waals surface area contributed by atoms with Crippen molar-refractivity contribution >= 4 is 34.4 Å². The van der Waals surface area contributed by atoms with E-state index in [9.17, 15) is 9.59 Å². The van der Waals surface area contributed by atoms with Gasteiger partial charge in [0.15, 0.2) is 0 Å². The fourth-order valence-electron chi connectivity index (χ4n) is 3.48. The van der Waals surface area contributed by atoms with Gasteiger partial charge < -0.3 is 14.4 Å². The zero-order valence-electron chi connectivity index (χ0n) is 18.5. The number of anilines is 2. The predicted molar refractivity (Wildman–Crippen MR) is 130 cm³/mol. The average Bonchev–Trinajstić information content (AvgIpc) is 3.13. The summed E-state index contributed by atoms with van der Waals surface area (Å²) in [5, 5.41) is -0.703. The van der Waals surface area contributed by atoms with E-state index in [1.807, 2.05) is 54.4 Å². The summed E-state index contributed by atoms with van der Waals surface area (Å²) in [6.07, 6.45) is 2.24. The van der Waals surface area contributed by atoms with Crippen molar-refractivity contribution in [1.29, 1.82) is 0 Å². The molecule has 8 heteroatoms. The number of likely N-dealkylation sites (N-methyl/N-ethyl adjacent to an activating group) is 1. The Bertz CT molecular complexity index is 1090. The van der Waals surface area contributed by atoms with Crippen LogP contribution in [0.25, 0.3) is 0 Å². The second-order valence-electron chi connectivity index (χ2n) is 7.55. The Kier molecular flexibility index (Phi) is 7.14. The molecule has 0 aliphatic carbocycles. The van der Waals surface area contributed by atoms with Crippen molar-refractivity contribution in [3.63, 3.8) is 0 Å². The molecule has 3 aromatic rings. The molecule has 2 amide bonds. The first-order valence-electron chi connectivity index (χ1n) is 10.6. The standard InChI is InChI=1S/C25H25N3O4S/c1-27(23-5-3-4-14-26-23)15-16-32-21-10-6-18(7-11-21)17-22-24(29)28(25(30)33-22)19-8-12-20(31-2)13-9-19/h3-14,22H,15-17H2,1-2H3. The number of hydrogen-bond acceptors (Lipinski definition) is 7. The Hall–Kier alpha value is -3.52. The van der Waals surface area contributed by atoms with Crippen molar-refractivity contribution < 1.29 is 19.1 Å². The molecule has 1 saturated heterocycles. The van der Waals surface area contributed by atoms with Crippen molar-refractivity contribution in [2.45, 2.75) is 11.7 Å². The van der Waals surface area contributed by atoms with Gasteiger partial charge in [-0.2, -0.15) is 0 Å². The number of imide groups is 1. The second kappa shape index (κ2) is 10.4. The zero-order chi connectivity index (χ0) is 23.2. The highest BCUT2D eigenvalue weighted by molar-refractivity contribution is 8.15. The third kappa shape index (κ3) is 5.46. The van der Waals surface area contributed by atoms with E-state index >= 15 is 0 Å². The summed E-state index contributed by atoms with van der Waals surface area (Å²) < 4.78 is 11.0. The lowest BCUT2D eigenvalue weighted by Crippen LogP contribution is -2.32. The maximum Gasteiger partial charge on any atom is 0.293 e. The van der Waals surface area contributed by atoms with Gasteiger partial charge in [0.25, 0.3) is 5.24 Å². The number of hydrogen-bond donors (Lipinski definition) is 0. The summed E-state index contributed by atoms with van der Waals surface area (Å²) in [7, 11) is 3.55. The van der Waals surface area contributed by atoms with E-state index in [2.05, 4.69) is 4.98 Å². The molecule has 1 unspecified atom stereocenters. The summed E-state index contributed by atoms with van der Waals surface area (Å²) in [6.45, 7) is 1.23. The number of amides is 2. The summed E-state index contributed by atoms with van der Waals surface area (Å²) >= 11 is 1.06. The van der Waals surface area contributed by atoms with Gasteiger partial charge >= 0.3 is 0 Å². The molecule has 1 fully saturated rings. The Morgan fingerprint density at radius 2 is 1.73 bits per heavy atom. The first-order chi connectivity index (χ1) is 16.0. The third-order valence-electron chi connectivity index (χ3n) is 5.33. The first kappa shape index (κ1) is 22.7. The number of aromatic nitrogens is 1. The van der Waals surface area contributed by atoms with Gasteiger partial charge in [-0.1, -0.05) is 30.0 Å². The maximum atomic E-state index is 12.9. The second-order valence-corrected chi connectivity index (χ2v) is 8.70. The van der Waals surface area contributed by atoms with Crippen molar-refractivity contribution in [3.05, 3.63) is 78.5 Å². The quantitative estimate of drug-likeness (QED) is 0.465. The number of pyridine rings is 1. The van der Waals surface area contributed by atoms with Gasteiger partial charge in [-0.15, -0.1) is 0 Å². The van der Waals surface area contributed by atoms with E-state index in [1.54, 1.807) is 37.6 Å². The van der Waals surface area contributed by atoms with Crippen LogP contribution in [0.5, 0.6) is 11.5 Å². The molecular weight excluding hydrogens is 438 g/mol. The van der Waals surface area contributed by atoms with E-state index in [1.165, 1.54) is 4.90 Å². The van der Waals surface area contributed by atoms with E-state index in [0.717, 1.165) is 28.9 Å². The molecule has 0 saturated carbocycles. The lowest BCUT2D eigenvalue weighted by Gasteiger charge is -2.18. The molecule has 170 valence electrons. The molecule has 0 N–H and O–H groups in total. The number of thioether (sulfide) groups is 1.